The van der Waals surface area contributed by atoms with E-state index < -0.39 is 5.97 Å². The molecule has 0 saturated carbocycles. The Labute approximate surface area is 145 Å². The Kier molecular flexibility index (Phi) is 3.84. The molecule has 0 N–H and O–H groups in total. The molecule has 2 heterocycles. The number of rotatable bonds is 2. The van der Waals surface area contributed by atoms with Gasteiger partial charge in [-0.25, -0.2) is 4.79 Å². The molecule has 1 amide bonds. The number of ether oxygens (including phenoxy) is 1. The molecule has 0 atom stereocenters. The molecule has 0 bridgehead atoms. The van der Waals surface area contributed by atoms with Gasteiger partial charge in [0, 0.05) is 30.4 Å². The largest absolute Gasteiger partial charge is 0.465 e. The molecule has 126 valence electrons. The molecule has 1 aliphatic carbocycles. The Morgan fingerprint density at radius 3 is 2.88 bits per heavy atom. The summed E-state index contributed by atoms with van der Waals surface area (Å²) in [7, 11) is 1.36. The quantitative estimate of drug-likeness (QED) is 0.793. The topological polar surface area (TPSA) is 59.5 Å². The predicted molar refractivity (Wildman–Crippen MR) is 94.4 cm³/mol. The zero-order valence-electron chi connectivity index (χ0n) is 14.0. The van der Waals surface area contributed by atoms with E-state index in [9.17, 15) is 9.59 Å². The standard InChI is InChI=1S/C20H18N2O3/c1-25-20(24)15-8-9-21-17-12-14(11-16(15)17)19(23)22-10-4-6-13-5-2-3-7-18(13)22/h2-3,5,7-9,12H,4,6,10-11H2,1H3. The van der Waals surface area contributed by atoms with Gasteiger partial charge in [-0.1, -0.05) is 18.2 Å². The lowest BCUT2D eigenvalue weighted by atomic mass is 10.00. The van der Waals surface area contributed by atoms with Crippen molar-refractivity contribution in [2.45, 2.75) is 19.3 Å². The number of esters is 1. The first-order valence-corrected chi connectivity index (χ1v) is 8.35. The van der Waals surface area contributed by atoms with Crippen LogP contribution in [0.2, 0.25) is 0 Å². The highest BCUT2D eigenvalue weighted by molar-refractivity contribution is 6.10. The molecule has 1 aromatic heterocycles. The smallest absolute Gasteiger partial charge is 0.338 e. The van der Waals surface area contributed by atoms with Crippen LogP contribution in [0.15, 0.2) is 42.1 Å². The number of amides is 1. The number of aromatic nitrogens is 1. The summed E-state index contributed by atoms with van der Waals surface area (Å²) in [4.78, 5) is 31.2. The van der Waals surface area contributed by atoms with Crippen molar-refractivity contribution in [3.63, 3.8) is 0 Å². The van der Waals surface area contributed by atoms with Gasteiger partial charge in [0.05, 0.1) is 18.4 Å². The number of carbonyl (C=O) groups excluding carboxylic acids is 2. The molecular formula is C20H18N2O3. The summed E-state index contributed by atoms with van der Waals surface area (Å²) in [6.45, 7) is 0.709. The highest BCUT2D eigenvalue weighted by Gasteiger charge is 2.30. The van der Waals surface area contributed by atoms with Crippen LogP contribution in [0.1, 0.15) is 33.6 Å². The zero-order valence-corrected chi connectivity index (χ0v) is 14.0. The SMILES string of the molecule is COC(=O)c1ccnc2c1CC(C(=O)N1CCCc3ccccc31)=C2. The third-order valence-corrected chi connectivity index (χ3v) is 4.80. The maximum atomic E-state index is 13.1. The zero-order chi connectivity index (χ0) is 17.4. The van der Waals surface area contributed by atoms with Crippen LogP contribution in [-0.4, -0.2) is 30.5 Å². The lowest BCUT2D eigenvalue weighted by Crippen LogP contribution is -2.36. The van der Waals surface area contributed by atoms with Crippen molar-refractivity contribution < 1.29 is 14.3 Å². The van der Waals surface area contributed by atoms with Gasteiger partial charge in [0.2, 0.25) is 0 Å². The predicted octanol–water partition coefficient (Wildman–Crippen LogP) is 2.79. The van der Waals surface area contributed by atoms with Crippen molar-refractivity contribution in [1.82, 2.24) is 4.98 Å². The van der Waals surface area contributed by atoms with E-state index >= 15 is 0 Å². The number of aryl methyl sites for hydroxylation is 1. The Morgan fingerprint density at radius 1 is 1.20 bits per heavy atom. The minimum atomic E-state index is -0.399. The van der Waals surface area contributed by atoms with Crippen molar-refractivity contribution in [2.75, 3.05) is 18.6 Å². The van der Waals surface area contributed by atoms with Crippen LogP contribution in [0.25, 0.3) is 6.08 Å². The molecule has 5 heteroatoms. The molecule has 0 saturated heterocycles. The van der Waals surface area contributed by atoms with Crippen molar-refractivity contribution in [2.24, 2.45) is 0 Å². The van der Waals surface area contributed by atoms with Crippen LogP contribution in [0.4, 0.5) is 5.69 Å². The second-order valence-corrected chi connectivity index (χ2v) is 6.25. The highest BCUT2D eigenvalue weighted by atomic mass is 16.5. The van der Waals surface area contributed by atoms with Gasteiger partial charge in [-0.15, -0.1) is 0 Å². The first kappa shape index (κ1) is 15.6. The Hall–Kier alpha value is -2.95. The van der Waals surface area contributed by atoms with E-state index in [-0.39, 0.29) is 5.91 Å². The summed E-state index contributed by atoms with van der Waals surface area (Å²) in [6.07, 6.45) is 5.72. The third kappa shape index (κ3) is 2.61. The van der Waals surface area contributed by atoms with E-state index in [0.29, 0.717) is 29.8 Å². The number of methoxy groups -OCH3 is 1. The fourth-order valence-corrected chi connectivity index (χ4v) is 3.58. The van der Waals surface area contributed by atoms with Gasteiger partial charge in [0.25, 0.3) is 5.91 Å². The molecule has 0 spiro atoms. The Balaban J connectivity index is 1.65. The van der Waals surface area contributed by atoms with Crippen molar-refractivity contribution in [1.29, 1.82) is 0 Å². The van der Waals surface area contributed by atoms with Crippen molar-refractivity contribution >= 4 is 23.6 Å². The summed E-state index contributed by atoms with van der Waals surface area (Å²) < 4.78 is 4.83. The van der Waals surface area contributed by atoms with Crippen LogP contribution in [-0.2, 0) is 22.4 Å². The molecule has 2 aliphatic rings. The molecule has 1 aromatic carbocycles. The molecule has 5 nitrogen and oxygen atoms in total. The van der Waals surface area contributed by atoms with Crippen LogP contribution < -0.4 is 4.90 Å². The highest BCUT2D eigenvalue weighted by Crippen LogP contribution is 2.32. The number of carbonyl (C=O) groups is 2. The number of hydrogen-bond acceptors (Lipinski definition) is 4. The maximum Gasteiger partial charge on any atom is 0.338 e. The summed E-state index contributed by atoms with van der Waals surface area (Å²) in [5.74, 6) is -0.412. The molecule has 1 aliphatic heterocycles. The lowest BCUT2D eigenvalue weighted by molar-refractivity contribution is -0.115. The second-order valence-electron chi connectivity index (χ2n) is 6.25. The number of benzene rings is 1. The number of nitrogens with zero attached hydrogens (tertiary/aromatic N) is 2. The van der Waals surface area contributed by atoms with Crippen molar-refractivity contribution in [3.8, 4) is 0 Å². The lowest BCUT2D eigenvalue weighted by Gasteiger charge is -2.29. The molecule has 0 fully saturated rings. The fraction of sp³-hybridized carbons (Fsp3) is 0.250. The van der Waals surface area contributed by atoms with Gasteiger partial charge in [-0.2, -0.15) is 0 Å². The van der Waals surface area contributed by atoms with E-state index in [2.05, 4.69) is 11.1 Å². The summed E-state index contributed by atoms with van der Waals surface area (Å²) >= 11 is 0. The number of anilines is 1. The minimum Gasteiger partial charge on any atom is -0.465 e. The van der Waals surface area contributed by atoms with E-state index in [0.717, 1.165) is 24.1 Å². The minimum absolute atomic E-state index is 0.0130. The maximum absolute atomic E-state index is 13.1. The average molecular weight is 334 g/mol. The van der Waals surface area contributed by atoms with Gasteiger partial charge in [0.15, 0.2) is 0 Å². The first-order valence-electron chi connectivity index (χ1n) is 8.35. The van der Waals surface area contributed by atoms with E-state index in [1.54, 1.807) is 18.3 Å². The van der Waals surface area contributed by atoms with Crippen molar-refractivity contribution in [3.05, 3.63) is 64.5 Å². The van der Waals surface area contributed by atoms with Crippen LogP contribution >= 0.6 is 0 Å². The Morgan fingerprint density at radius 2 is 2.04 bits per heavy atom. The van der Waals surface area contributed by atoms with E-state index in [4.69, 9.17) is 4.74 Å². The fourth-order valence-electron chi connectivity index (χ4n) is 3.58. The summed E-state index contributed by atoms with van der Waals surface area (Å²) in [5.41, 5.74) is 4.77. The molecular weight excluding hydrogens is 316 g/mol. The third-order valence-electron chi connectivity index (χ3n) is 4.80. The van der Waals surface area contributed by atoms with Gasteiger partial charge in [-0.05, 0) is 42.2 Å². The first-order chi connectivity index (χ1) is 12.2. The number of fused-ring (bicyclic) bond motifs is 2. The summed E-state index contributed by atoms with van der Waals surface area (Å²) in [5, 5.41) is 0. The van der Waals surface area contributed by atoms with Gasteiger partial charge < -0.3 is 9.64 Å². The second kappa shape index (κ2) is 6.16. The molecule has 2 aromatic rings. The van der Waals surface area contributed by atoms with E-state index in [1.165, 1.54) is 12.7 Å². The molecule has 0 unspecified atom stereocenters. The normalized spacial score (nSPS) is 15.2. The number of pyridine rings is 1. The average Bonchev–Trinajstić information content (AvgIpc) is 3.10. The molecule has 0 radical (unpaired) electrons. The van der Waals surface area contributed by atoms with Gasteiger partial charge in [0.1, 0.15) is 0 Å². The van der Waals surface area contributed by atoms with Gasteiger partial charge in [-0.3, -0.25) is 9.78 Å². The number of hydrogen-bond donors (Lipinski definition) is 0. The molecule has 25 heavy (non-hydrogen) atoms. The van der Waals surface area contributed by atoms with Gasteiger partial charge >= 0.3 is 5.97 Å². The van der Waals surface area contributed by atoms with Crippen LogP contribution in [0.5, 0.6) is 0 Å². The number of para-hydroxylation sites is 1. The monoisotopic (exact) mass is 334 g/mol. The Bertz CT molecular complexity index is 902. The van der Waals surface area contributed by atoms with Crippen LogP contribution in [0.3, 0.4) is 0 Å². The molecule has 4 rings (SSSR count). The van der Waals surface area contributed by atoms with E-state index in [1.807, 2.05) is 23.1 Å². The van der Waals surface area contributed by atoms with Crippen LogP contribution in [0, 0.1) is 0 Å². The summed E-state index contributed by atoms with van der Waals surface area (Å²) in [6, 6.07) is 9.67.